The lowest BCUT2D eigenvalue weighted by atomic mass is 9.92. The number of halogens is 1. The van der Waals surface area contributed by atoms with Crippen LogP contribution >= 0.6 is 24.0 Å². The molecule has 1 rings (SSSR count). The summed E-state index contributed by atoms with van der Waals surface area (Å²) >= 11 is 0. The molecular weight excluding hydrogens is 391 g/mol. The van der Waals surface area contributed by atoms with Crippen LogP contribution in [-0.2, 0) is 4.79 Å². The van der Waals surface area contributed by atoms with Crippen LogP contribution in [-0.4, -0.2) is 49.0 Å². The molecule has 0 aliphatic carbocycles. The van der Waals surface area contributed by atoms with Crippen LogP contribution in [0.15, 0.2) is 4.99 Å². The molecule has 0 bridgehead atoms. The van der Waals surface area contributed by atoms with Crippen molar-refractivity contribution < 1.29 is 4.79 Å². The van der Waals surface area contributed by atoms with Gasteiger partial charge in [-0.3, -0.25) is 9.79 Å². The van der Waals surface area contributed by atoms with Gasteiger partial charge in [0.05, 0.1) is 0 Å². The molecule has 0 spiro atoms. The second-order valence-electron chi connectivity index (χ2n) is 6.89. The van der Waals surface area contributed by atoms with Crippen molar-refractivity contribution in [2.75, 3.05) is 26.2 Å². The van der Waals surface area contributed by atoms with E-state index in [0.717, 1.165) is 45.0 Å². The van der Waals surface area contributed by atoms with Crippen molar-refractivity contribution in [2.24, 2.45) is 10.4 Å². The van der Waals surface area contributed by atoms with Crippen molar-refractivity contribution in [3.05, 3.63) is 0 Å². The summed E-state index contributed by atoms with van der Waals surface area (Å²) in [6, 6.07) is 0.313. The van der Waals surface area contributed by atoms with Crippen LogP contribution in [0.4, 0.5) is 0 Å². The maximum absolute atomic E-state index is 11.7. The summed E-state index contributed by atoms with van der Waals surface area (Å²) in [7, 11) is 0. The molecule has 0 aromatic heterocycles. The summed E-state index contributed by atoms with van der Waals surface area (Å²) in [6.45, 7) is 14.0. The fraction of sp³-hybridized carbons (Fsp3) is 0.875. The quantitative estimate of drug-likeness (QED) is 0.405. The molecular formula is C16H33IN4O. The van der Waals surface area contributed by atoms with Crippen molar-refractivity contribution in [2.45, 2.75) is 59.9 Å². The monoisotopic (exact) mass is 424 g/mol. The highest BCUT2D eigenvalue weighted by Crippen LogP contribution is 2.17. The third-order valence-corrected chi connectivity index (χ3v) is 3.66. The summed E-state index contributed by atoms with van der Waals surface area (Å²) in [5, 5.41) is 6.75. The second-order valence-corrected chi connectivity index (χ2v) is 6.89. The van der Waals surface area contributed by atoms with Gasteiger partial charge in [0.15, 0.2) is 5.96 Å². The van der Waals surface area contributed by atoms with Crippen LogP contribution in [0.3, 0.4) is 0 Å². The molecule has 1 unspecified atom stereocenters. The van der Waals surface area contributed by atoms with Crippen molar-refractivity contribution >= 4 is 35.8 Å². The smallest absolute Gasteiger partial charge is 0.222 e. The summed E-state index contributed by atoms with van der Waals surface area (Å²) in [4.78, 5) is 18.3. The van der Waals surface area contributed by atoms with Gasteiger partial charge in [0.25, 0.3) is 0 Å². The molecule has 1 fully saturated rings. The van der Waals surface area contributed by atoms with E-state index in [9.17, 15) is 4.79 Å². The first-order valence-corrected chi connectivity index (χ1v) is 8.18. The lowest BCUT2D eigenvalue weighted by molar-refractivity contribution is -0.129. The molecule has 0 radical (unpaired) electrons. The minimum absolute atomic E-state index is 0. The highest BCUT2D eigenvalue weighted by molar-refractivity contribution is 14.0. The third kappa shape index (κ3) is 8.19. The number of rotatable bonds is 5. The van der Waals surface area contributed by atoms with E-state index in [1.807, 2.05) is 11.8 Å². The molecule has 1 atom stereocenters. The van der Waals surface area contributed by atoms with Gasteiger partial charge in [-0.25, -0.2) is 0 Å². The Kier molecular flexibility index (Phi) is 10.0. The van der Waals surface area contributed by atoms with E-state index in [1.165, 1.54) is 0 Å². The first-order chi connectivity index (χ1) is 9.85. The van der Waals surface area contributed by atoms with Gasteiger partial charge in [-0.05, 0) is 25.2 Å². The van der Waals surface area contributed by atoms with Gasteiger partial charge in [0, 0.05) is 38.6 Å². The van der Waals surface area contributed by atoms with Gasteiger partial charge in [-0.15, -0.1) is 24.0 Å². The minimum atomic E-state index is 0. The number of carbonyl (C=O) groups excluding carboxylic acids is 1. The predicted octanol–water partition coefficient (Wildman–Crippen LogP) is 2.61. The predicted molar refractivity (Wildman–Crippen MR) is 104 cm³/mol. The summed E-state index contributed by atoms with van der Waals surface area (Å²) in [5.41, 5.74) is 0.304. The maximum Gasteiger partial charge on any atom is 0.222 e. The van der Waals surface area contributed by atoms with Crippen molar-refractivity contribution in [3.8, 4) is 0 Å². The van der Waals surface area contributed by atoms with Crippen molar-refractivity contribution in [1.29, 1.82) is 0 Å². The van der Waals surface area contributed by atoms with E-state index in [-0.39, 0.29) is 29.9 Å². The molecule has 5 nitrogen and oxygen atoms in total. The van der Waals surface area contributed by atoms with Crippen molar-refractivity contribution in [3.63, 3.8) is 0 Å². The standard InChI is InChI=1S/C16H32N4O.HI/c1-6-14(21)20-11-8-13(12-20)19-15(17-7-2)18-10-9-16(3,4)5;/h13H,6-12H2,1-5H3,(H2,17,18,19);1H. The average molecular weight is 424 g/mol. The number of likely N-dealkylation sites (tertiary alicyclic amines) is 1. The molecule has 1 aliphatic heterocycles. The Hall–Kier alpha value is -0.530. The molecule has 0 aromatic carbocycles. The SMILES string of the molecule is CCNC(=NCCC(C)(C)C)NC1CCN(C(=O)CC)C1.I. The van der Waals surface area contributed by atoms with Gasteiger partial charge < -0.3 is 15.5 Å². The number of nitrogens with one attached hydrogen (secondary N) is 2. The Morgan fingerprint density at radius 1 is 1.32 bits per heavy atom. The van der Waals surface area contributed by atoms with Crippen molar-refractivity contribution in [1.82, 2.24) is 15.5 Å². The number of hydrogen-bond acceptors (Lipinski definition) is 2. The molecule has 1 saturated heterocycles. The topological polar surface area (TPSA) is 56.7 Å². The Morgan fingerprint density at radius 2 is 2.00 bits per heavy atom. The second kappa shape index (κ2) is 10.3. The Labute approximate surface area is 152 Å². The summed E-state index contributed by atoms with van der Waals surface area (Å²) in [5.74, 6) is 1.12. The van der Waals surface area contributed by atoms with E-state index in [0.29, 0.717) is 17.9 Å². The summed E-state index contributed by atoms with van der Waals surface area (Å²) in [6.07, 6.45) is 2.65. The number of carbonyl (C=O) groups is 1. The van der Waals surface area contributed by atoms with Crippen LogP contribution in [0.1, 0.15) is 53.9 Å². The zero-order valence-corrected chi connectivity index (χ0v) is 17.1. The van der Waals surface area contributed by atoms with E-state index in [4.69, 9.17) is 0 Å². The van der Waals surface area contributed by atoms with Gasteiger partial charge in [-0.1, -0.05) is 27.7 Å². The molecule has 2 N–H and O–H groups in total. The molecule has 1 amide bonds. The number of amides is 1. The average Bonchev–Trinajstić information content (AvgIpc) is 2.85. The lowest BCUT2D eigenvalue weighted by Crippen LogP contribution is -2.45. The molecule has 6 heteroatoms. The zero-order valence-electron chi connectivity index (χ0n) is 14.7. The fourth-order valence-electron chi connectivity index (χ4n) is 2.34. The zero-order chi connectivity index (χ0) is 15.9. The van der Waals surface area contributed by atoms with Gasteiger partial charge in [-0.2, -0.15) is 0 Å². The largest absolute Gasteiger partial charge is 0.357 e. The van der Waals surface area contributed by atoms with Crippen LogP contribution in [0.2, 0.25) is 0 Å². The van der Waals surface area contributed by atoms with E-state index < -0.39 is 0 Å². The number of nitrogens with zero attached hydrogens (tertiary/aromatic N) is 2. The van der Waals surface area contributed by atoms with Crippen LogP contribution in [0.5, 0.6) is 0 Å². The van der Waals surface area contributed by atoms with E-state index in [1.54, 1.807) is 0 Å². The first kappa shape index (κ1) is 21.5. The highest BCUT2D eigenvalue weighted by atomic mass is 127. The summed E-state index contributed by atoms with van der Waals surface area (Å²) < 4.78 is 0. The highest BCUT2D eigenvalue weighted by Gasteiger charge is 2.25. The molecule has 0 saturated carbocycles. The van der Waals surface area contributed by atoms with Gasteiger partial charge in [0.1, 0.15) is 0 Å². The van der Waals surface area contributed by atoms with Gasteiger partial charge >= 0.3 is 0 Å². The van der Waals surface area contributed by atoms with Crippen LogP contribution in [0.25, 0.3) is 0 Å². The minimum Gasteiger partial charge on any atom is -0.357 e. The maximum atomic E-state index is 11.7. The molecule has 1 heterocycles. The molecule has 130 valence electrons. The molecule has 1 aliphatic rings. The normalized spacial score (nSPS) is 18.9. The van der Waals surface area contributed by atoms with E-state index in [2.05, 4.69) is 43.3 Å². The number of aliphatic imine (C=N–C) groups is 1. The molecule has 22 heavy (non-hydrogen) atoms. The van der Waals surface area contributed by atoms with Gasteiger partial charge in [0.2, 0.25) is 5.91 Å². The Balaban J connectivity index is 0.00000441. The lowest BCUT2D eigenvalue weighted by Gasteiger charge is -2.20. The fourth-order valence-corrected chi connectivity index (χ4v) is 2.34. The van der Waals surface area contributed by atoms with Crippen LogP contribution < -0.4 is 10.6 Å². The Morgan fingerprint density at radius 3 is 2.55 bits per heavy atom. The van der Waals surface area contributed by atoms with E-state index >= 15 is 0 Å². The third-order valence-electron chi connectivity index (χ3n) is 3.66. The number of hydrogen-bond donors (Lipinski definition) is 2. The number of guanidine groups is 1. The first-order valence-electron chi connectivity index (χ1n) is 8.18. The molecule has 0 aromatic rings. The Bertz CT molecular complexity index is 366. The van der Waals surface area contributed by atoms with Crippen LogP contribution in [0, 0.1) is 5.41 Å².